The van der Waals surface area contributed by atoms with E-state index in [-0.39, 0.29) is 5.54 Å². The lowest BCUT2D eigenvalue weighted by Gasteiger charge is -2.39. The van der Waals surface area contributed by atoms with Crippen LogP contribution in [0.1, 0.15) is 44.0 Å². The first kappa shape index (κ1) is 15.3. The van der Waals surface area contributed by atoms with Crippen LogP contribution in [-0.4, -0.2) is 21.2 Å². The standard InChI is InChI=1S/C14H23BrClN3/c1-10-5-4-6-14(7-10,9-16)17-8-12-13(15)11(2)18-19(12)3/h10,17H,4-9H2,1-3H3. The van der Waals surface area contributed by atoms with Crippen LogP contribution in [-0.2, 0) is 13.6 Å². The van der Waals surface area contributed by atoms with Crippen LogP contribution >= 0.6 is 27.5 Å². The highest BCUT2D eigenvalue weighted by atomic mass is 79.9. The summed E-state index contributed by atoms with van der Waals surface area (Å²) in [7, 11) is 1.99. The second kappa shape index (κ2) is 6.15. The Kier molecular flexibility index (Phi) is 4.96. The highest BCUT2D eigenvalue weighted by Crippen LogP contribution is 2.33. The molecule has 0 radical (unpaired) electrons. The smallest absolute Gasteiger partial charge is 0.0739 e. The van der Waals surface area contributed by atoms with Gasteiger partial charge in [-0.15, -0.1) is 11.6 Å². The first-order chi connectivity index (χ1) is 8.97. The maximum atomic E-state index is 6.26. The van der Waals surface area contributed by atoms with E-state index in [9.17, 15) is 0 Å². The topological polar surface area (TPSA) is 29.9 Å². The quantitative estimate of drug-likeness (QED) is 0.839. The number of alkyl halides is 1. The zero-order valence-electron chi connectivity index (χ0n) is 12.0. The molecule has 2 atom stereocenters. The molecule has 1 N–H and O–H groups in total. The Morgan fingerprint density at radius 1 is 1.58 bits per heavy atom. The van der Waals surface area contributed by atoms with Crippen molar-refractivity contribution in [3.63, 3.8) is 0 Å². The molecule has 1 aromatic heterocycles. The Morgan fingerprint density at radius 2 is 2.32 bits per heavy atom. The van der Waals surface area contributed by atoms with Crippen molar-refractivity contribution in [1.29, 1.82) is 0 Å². The van der Waals surface area contributed by atoms with Crippen molar-refractivity contribution in [3.8, 4) is 0 Å². The summed E-state index contributed by atoms with van der Waals surface area (Å²) in [5, 5.41) is 8.14. The molecule has 0 aromatic carbocycles. The number of nitrogens with one attached hydrogen (secondary N) is 1. The molecule has 3 nitrogen and oxygen atoms in total. The molecule has 0 saturated heterocycles. The molecule has 0 bridgehead atoms. The Labute approximate surface area is 129 Å². The lowest BCUT2D eigenvalue weighted by Crippen LogP contribution is -2.49. The minimum Gasteiger partial charge on any atom is -0.304 e. The summed E-state index contributed by atoms with van der Waals surface area (Å²) in [4.78, 5) is 0. The van der Waals surface area contributed by atoms with Gasteiger partial charge in [0.05, 0.1) is 15.9 Å². The van der Waals surface area contributed by atoms with E-state index in [1.165, 1.54) is 31.4 Å². The molecule has 1 aliphatic carbocycles. The van der Waals surface area contributed by atoms with Crippen molar-refractivity contribution in [1.82, 2.24) is 15.1 Å². The monoisotopic (exact) mass is 347 g/mol. The van der Waals surface area contributed by atoms with Gasteiger partial charge >= 0.3 is 0 Å². The second-order valence-corrected chi connectivity index (χ2v) is 7.00. The van der Waals surface area contributed by atoms with Crippen molar-refractivity contribution in [3.05, 3.63) is 15.9 Å². The van der Waals surface area contributed by atoms with Crippen LogP contribution in [0, 0.1) is 12.8 Å². The lowest BCUT2D eigenvalue weighted by molar-refractivity contribution is 0.206. The van der Waals surface area contributed by atoms with Crippen LogP contribution in [0.3, 0.4) is 0 Å². The number of aromatic nitrogens is 2. The molecule has 2 unspecified atom stereocenters. The SMILES string of the molecule is Cc1nn(C)c(CNC2(CCl)CCCC(C)C2)c1Br. The van der Waals surface area contributed by atoms with E-state index in [1.807, 2.05) is 18.7 Å². The molecule has 1 saturated carbocycles. The van der Waals surface area contributed by atoms with Gasteiger partial charge in [0.25, 0.3) is 0 Å². The van der Waals surface area contributed by atoms with Gasteiger partial charge in [-0.05, 0) is 41.6 Å². The first-order valence-electron chi connectivity index (χ1n) is 6.96. The highest BCUT2D eigenvalue weighted by Gasteiger charge is 2.34. The minimum absolute atomic E-state index is 0.0941. The molecule has 1 fully saturated rings. The van der Waals surface area contributed by atoms with Crippen molar-refractivity contribution in [2.45, 2.75) is 51.6 Å². The average molecular weight is 349 g/mol. The predicted molar refractivity (Wildman–Crippen MR) is 83.6 cm³/mol. The Bertz CT molecular complexity index is 446. The van der Waals surface area contributed by atoms with Gasteiger partial charge < -0.3 is 5.32 Å². The number of halogens is 2. The molecule has 19 heavy (non-hydrogen) atoms. The number of hydrogen-bond acceptors (Lipinski definition) is 2. The van der Waals surface area contributed by atoms with Gasteiger partial charge in [-0.2, -0.15) is 5.10 Å². The minimum atomic E-state index is 0.0941. The highest BCUT2D eigenvalue weighted by molar-refractivity contribution is 9.10. The van der Waals surface area contributed by atoms with E-state index in [1.54, 1.807) is 0 Å². The summed E-state index contributed by atoms with van der Waals surface area (Å²) in [6.45, 7) is 5.16. The number of hydrogen-bond donors (Lipinski definition) is 1. The summed E-state index contributed by atoms with van der Waals surface area (Å²) in [6.07, 6.45) is 4.95. The van der Waals surface area contributed by atoms with Crippen LogP contribution < -0.4 is 5.32 Å². The Hall–Kier alpha value is -0.0600. The van der Waals surface area contributed by atoms with Gasteiger partial charge in [0.15, 0.2) is 0 Å². The fraction of sp³-hybridized carbons (Fsp3) is 0.786. The third-order valence-corrected chi connectivity index (χ3v) is 5.78. The first-order valence-corrected chi connectivity index (χ1v) is 8.29. The Morgan fingerprint density at radius 3 is 2.84 bits per heavy atom. The molecule has 5 heteroatoms. The molecular formula is C14H23BrClN3. The van der Waals surface area contributed by atoms with E-state index in [0.29, 0.717) is 5.88 Å². The van der Waals surface area contributed by atoms with E-state index in [0.717, 1.165) is 22.6 Å². The van der Waals surface area contributed by atoms with Crippen LogP contribution in [0.5, 0.6) is 0 Å². The van der Waals surface area contributed by atoms with Crippen LogP contribution in [0.4, 0.5) is 0 Å². The molecule has 0 aliphatic heterocycles. The van der Waals surface area contributed by atoms with Crippen molar-refractivity contribution >= 4 is 27.5 Å². The third-order valence-electron chi connectivity index (χ3n) is 4.24. The molecule has 1 heterocycles. The molecule has 0 amide bonds. The molecule has 108 valence electrons. The number of aryl methyl sites for hydroxylation is 2. The van der Waals surface area contributed by atoms with E-state index >= 15 is 0 Å². The van der Waals surface area contributed by atoms with E-state index < -0.39 is 0 Å². The van der Waals surface area contributed by atoms with Gasteiger partial charge in [-0.3, -0.25) is 4.68 Å². The van der Waals surface area contributed by atoms with Crippen LogP contribution in [0.15, 0.2) is 4.47 Å². The maximum absolute atomic E-state index is 6.26. The average Bonchev–Trinajstić information content (AvgIpc) is 2.61. The molecular weight excluding hydrogens is 326 g/mol. The fourth-order valence-electron chi connectivity index (χ4n) is 3.13. The largest absolute Gasteiger partial charge is 0.304 e. The van der Waals surface area contributed by atoms with E-state index in [4.69, 9.17) is 11.6 Å². The summed E-state index contributed by atoms with van der Waals surface area (Å²) < 4.78 is 3.05. The normalized spacial score (nSPS) is 27.7. The van der Waals surface area contributed by atoms with Crippen molar-refractivity contribution < 1.29 is 0 Å². The number of nitrogens with zero attached hydrogens (tertiary/aromatic N) is 2. The Balaban J connectivity index is 2.07. The summed E-state index contributed by atoms with van der Waals surface area (Å²) in [6, 6.07) is 0. The molecule has 2 rings (SSSR count). The van der Waals surface area contributed by atoms with E-state index in [2.05, 4.69) is 33.3 Å². The zero-order chi connectivity index (χ0) is 14.0. The van der Waals surface area contributed by atoms with Crippen LogP contribution in [0.2, 0.25) is 0 Å². The van der Waals surface area contributed by atoms with Gasteiger partial charge in [-0.25, -0.2) is 0 Å². The van der Waals surface area contributed by atoms with Gasteiger partial charge in [0, 0.05) is 25.0 Å². The van der Waals surface area contributed by atoms with Crippen molar-refractivity contribution in [2.24, 2.45) is 13.0 Å². The fourth-order valence-corrected chi connectivity index (χ4v) is 3.95. The van der Waals surface area contributed by atoms with Crippen molar-refractivity contribution in [2.75, 3.05) is 5.88 Å². The predicted octanol–water partition coefficient (Wildman–Crippen LogP) is 3.77. The third kappa shape index (κ3) is 3.34. The molecule has 1 aliphatic rings. The summed E-state index contributed by atoms with van der Waals surface area (Å²) >= 11 is 9.88. The zero-order valence-corrected chi connectivity index (χ0v) is 14.3. The summed E-state index contributed by atoms with van der Waals surface area (Å²) in [5.41, 5.74) is 2.33. The van der Waals surface area contributed by atoms with Crippen LogP contribution in [0.25, 0.3) is 0 Å². The molecule has 0 spiro atoms. The second-order valence-electron chi connectivity index (χ2n) is 5.94. The van der Waals surface area contributed by atoms with Gasteiger partial charge in [0.2, 0.25) is 0 Å². The maximum Gasteiger partial charge on any atom is 0.0739 e. The lowest BCUT2D eigenvalue weighted by atomic mass is 9.77. The van der Waals surface area contributed by atoms with Gasteiger partial charge in [-0.1, -0.05) is 19.8 Å². The van der Waals surface area contributed by atoms with Gasteiger partial charge in [0.1, 0.15) is 0 Å². The number of rotatable bonds is 4. The summed E-state index contributed by atoms with van der Waals surface area (Å²) in [5.74, 6) is 1.45. The molecule has 1 aromatic rings.